The third-order valence-corrected chi connectivity index (χ3v) is 3.79. The molecule has 0 aromatic rings. The molecule has 0 aromatic heterocycles. The minimum Gasteiger partial charge on any atom is -0.444 e. The molecular formula is C19H38N4O5. The molecule has 0 rings (SSSR count). The molecule has 0 aromatic carbocycles. The van der Waals surface area contributed by atoms with E-state index in [9.17, 15) is 19.5 Å². The Balaban J connectivity index is 5.22. The van der Waals surface area contributed by atoms with Crippen molar-refractivity contribution < 1.29 is 24.2 Å². The lowest BCUT2D eigenvalue weighted by Crippen LogP contribution is -2.54. The Bertz CT molecular complexity index is 517. The van der Waals surface area contributed by atoms with Crippen LogP contribution in [0.5, 0.6) is 0 Å². The van der Waals surface area contributed by atoms with E-state index in [0.29, 0.717) is 12.8 Å². The van der Waals surface area contributed by atoms with Crippen LogP contribution in [-0.2, 0) is 14.3 Å². The molecule has 9 heteroatoms. The SMILES string of the molecule is CC(C)CC(NC(=O)[C@H](CC(C)C)NC(=O)OC(C)(C)C)C(O)CC(=O)NN. The van der Waals surface area contributed by atoms with Gasteiger partial charge in [-0.2, -0.15) is 0 Å². The number of amides is 3. The van der Waals surface area contributed by atoms with Gasteiger partial charge in [0.2, 0.25) is 11.8 Å². The van der Waals surface area contributed by atoms with E-state index in [1.54, 1.807) is 20.8 Å². The molecule has 28 heavy (non-hydrogen) atoms. The van der Waals surface area contributed by atoms with Crippen molar-refractivity contribution in [1.82, 2.24) is 16.1 Å². The maximum atomic E-state index is 12.8. The van der Waals surface area contributed by atoms with Crippen LogP contribution in [0.3, 0.4) is 0 Å². The first-order valence-corrected chi connectivity index (χ1v) is 9.72. The predicted molar refractivity (Wildman–Crippen MR) is 107 cm³/mol. The molecule has 0 spiro atoms. The average molecular weight is 403 g/mol. The third kappa shape index (κ3) is 11.8. The highest BCUT2D eigenvalue weighted by Gasteiger charge is 2.30. The fraction of sp³-hybridized carbons (Fsp3) is 0.842. The first kappa shape index (κ1) is 26.1. The molecule has 0 radical (unpaired) electrons. The average Bonchev–Trinajstić information content (AvgIpc) is 2.50. The van der Waals surface area contributed by atoms with E-state index < -0.39 is 41.7 Å². The van der Waals surface area contributed by atoms with Crippen LogP contribution in [0.25, 0.3) is 0 Å². The molecule has 0 aliphatic heterocycles. The van der Waals surface area contributed by atoms with Gasteiger partial charge in [-0.25, -0.2) is 10.6 Å². The summed E-state index contributed by atoms with van der Waals surface area (Å²) in [6.07, 6.45) is -1.15. The van der Waals surface area contributed by atoms with Gasteiger partial charge < -0.3 is 20.5 Å². The summed E-state index contributed by atoms with van der Waals surface area (Å²) in [5.74, 6) is 4.42. The Hall–Kier alpha value is -1.87. The van der Waals surface area contributed by atoms with Gasteiger partial charge in [0.05, 0.1) is 18.6 Å². The highest BCUT2D eigenvalue weighted by molar-refractivity contribution is 5.86. The number of nitrogens with two attached hydrogens (primary N) is 1. The fourth-order valence-electron chi connectivity index (χ4n) is 2.65. The number of ether oxygens (including phenoxy) is 1. The van der Waals surface area contributed by atoms with Crippen LogP contribution in [0.2, 0.25) is 0 Å². The van der Waals surface area contributed by atoms with Gasteiger partial charge in [0, 0.05) is 0 Å². The number of alkyl carbamates (subject to hydrolysis) is 1. The molecule has 0 bridgehead atoms. The predicted octanol–water partition coefficient (Wildman–Crippen LogP) is 1.20. The van der Waals surface area contributed by atoms with Gasteiger partial charge in [0.1, 0.15) is 11.6 Å². The topological polar surface area (TPSA) is 143 Å². The second kappa shape index (κ2) is 11.9. The second-order valence-corrected chi connectivity index (χ2v) is 8.91. The fourth-order valence-corrected chi connectivity index (χ4v) is 2.65. The molecule has 0 saturated heterocycles. The standard InChI is InChI=1S/C19H38N4O5/c1-11(2)8-13(15(24)10-16(25)23-20)21-17(26)14(9-12(3)4)22-18(27)28-19(5,6)7/h11-15,24H,8-10,20H2,1-7H3,(H,21,26)(H,22,27)(H,23,25)/t13?,14-,15?/m0/s1. The molecular weight excluding hydrogens is 364 g/mol. The summed E-state index contributed by atoms with van der Waals surface area (Å²) < 4.78 is 5.24. The van der Waals surface area contributed by atoms with Crippen LogP contribution >= 0.6 is 0 Å². The highest BCUT2D eigenvalue weighted by Crippen LogP contribution is 2.14. The smallest absolute Gasteiger partial charge is 0.408 e. The Morgan fingerprint density at radius 3 is 1.96 bits per heavy atom. The van der Waals surface area contributed by atoms with Crippen molar-refractivity contribution in [2.24, 2.45) is 17.7 Å². The summed E-state index contributed by atoms with van der Waals surface area (Å²) in [5, 5.41) is 15.7. The van der Waals surface area contributed by atoms with Crippen LogP contribution in [0, 0.1) is 11.8 Å². The Morgan fingerprint density at radius 1 is 1.00 bits per heavy atom. The summed E-state index contributed by atoms with van der Waals surface area (Å²) >= 11 is 0. The number of hydrazine groups is 1. The number of carbonyl (C=O) groups excluding carboxylic acids is 3. The summed E-state index contributed by atoms with van der Waals surface area (Å²) in [7, 11) is 0. The van der Waals surface area contributed by atoms with Crippen LogP contribution in [0.1, 0.15) is 67.7 Å². The Morgan fingerprint density at radius 2 is 1.54 bits per heavy atom. The molecule has 6 N–H and O–H groups in total. The number of rotatable bonds is 10. The zero-order valence-corrected chi connectivity index (χ0v) is 18.2. The maximum Gasteiger partial charge on any atom is 0.408 e. The highest BCUT2D eigenvalue weighted by atomic mass is 16.6. The molecule has 3 atom stereocenters. The molecule has 164 valence electrons. The van der Waals surface area contributed by atoms with E-state index >= 15 is 0 Å². The van der Waals surface area contributed by atoms with E-state index in [0.717, 1.165) is 0 Å². The van der Waals surface area contributed by atoms with E-state index in [2.05, 4.69) is 10.6 Å². The van der Waals surface area contributed by atoms with Crippen molar-refractivity contribution in [1.29, 1.82) is 0 Å². The summed E-state index contributed by atoms with van der Waals surface area (Å²) in [5.41, 5.74) is 1.28. The number of hydrogen-bond donors (Lipinski definition) is 5. The zero-order chi connectivity index (χ0) is 22.1. The van der Waals surface area contributed by atoms with Crippen LogP contribution in [0.15, 0.2) is 0 Å². The lowest BCUT2D eigenvalue weighted by Gasteiger charge is -2.29. The van der Waals surface area contributed by atoms with Crippen molar-refractivity contribution in [3.8, 4) is 0 Å². The van der Waals surface area contributed by atoms with Crippen molar-refractivity contribution in [2.75, 3.05) is 0 Å². The normalized spacial score (nSPS) is 15.0. The molecule has 0 aliphatic carbocycles. The zero-order valence-electron chi connectivity index (χ0n) is 18.2. The third-order valence-electron chi connectivity index (χ3n) is 3.79. The van der Waals surface area contributed by atoms with Gasteiger partial charge in [-0.15, -0.1) is 0 Å². The number of nitrogens with one attached hydrogen (secondary N) is 3. The molecule has 0 heterocycles. The number of hydrogen-bond acceptors (Lipinski definition) is 6. The van der Waals surface area contributed by atoms with Crippen LogP contribution < -0.4 is 21.9 Å². The minimum atomic E-state index is -1.10. The van der Waals surface area contributed by atoms with Gasteiger partial charge >= 0.3 is 6.09 Å². The number of aliphatic hydroxyl groups is 1. The Labute approximate surface area is 168 Å². The van der Waals surface area contributed by atoms with Crippen LogP contribution in [-0.4, -0.2) is 46.8 Å². The first-order chi connectivity index (χ1) is 12.7. The summed E-state index contributed by atoms with van der Waals surface area (Å²) in [6.45, 7) is 13.0. The summed E-state index contributed by atoms with van der Waals surface area (Å²) in [6, 6.07) is -1.47. The minimum absolute atomic E-state index is 0.141. The van der Waals surface area contributed by atoms with E-state index in [4.69, 9.17) is 10.6 Å². The molecule has 2 unspecified atom stereocenters. The molecule has 9 nitrogen and oxygen atoms in total. The Kier molecular flexibility index (Phi) is 11.1. The summed E-state index contributed by atoms with van der Waals surface area (Å²) in [4.78, 5) is 36.4. The van der Waals surface area contributed by atoms with Crippen molar-refractivity contribution in [3.05, 3.63) is 0 Å². The monoisotopic (exact) mass is 402 g/mol. The van der Waals surface area contributed by atoms with Crippen LogP contribution in [0.4, 0.5) is 4.79 Å². The molecule has 3 amide bonds. The lowest BCUT2D eigenvalue weighted by molar-refractivity contribution is -0.128. The maximum absolute atomic E-state index is 12.8. The lowest BCUT2D eigenvalue weighted by atomic mass is 9.96. The van der Waals surface area contributed by atoms with E-state index in [1.807, 2.05) is 33.1 Å². The van der Waals surface area contributed by atoms with Gasteiger partial charge in [-0.3, -0.25) is 15.0 Å². The van der Waals surface area contributed by atoms with Gasteiger partial charge in [-0.1, -0.05) is 27.7 Å². The second-order valence-electron chi connectivity index (χ2n) is 8.91. The van der Waals surface area contributed by atoms with E-state index in [-0.39, 0.29) is 18.3 Å². The van der Waals surface area contributed by atoms with E-state index in [1.165, 1.54) is 0 Å². The molecule has 0 aliphatic rings. The number of aliphatic hydroxyl groups excluding tert-OH is 1. The van der Waals surface area contributed by atoms with Gasteiger partial charge in [-0.05, 0) is 45.4 Å². The van der Waals surface area contributed by atoms with Crippen molar-refractivity contribution in [3.63, 3.8) is 0 Å². The molecule has 0 saturated carbocycles. The van der Waals surface area contributed by atoms with Gasteiger partial charge in [0.25, 0.3) is 0 Å². The number of carbonyl (C=O) groups is 3. The first-order valence-electron chi connectivity index (χ1n) is 9.72. The largest absolute Gasteiger partial charge is 0.444 e. The van der Waals surface area contributed by atoms with Gasteiger partial charge in [0.15, 0.2) is 0 Å². The molecule has 0 fully saturated rings. The van der Waals surface area contributed by atoms with Crippen molar-refractivity contribution in [2.45, 2.75) is 91.5 Å². The quantitative estimate of drug-likeness (QED) is 0.211. The van der Waals surface area contributed by atoms with Crippen molar-refractivity contribution >= 4 is 17.9 Å².